The number of pyridine rings is 1. The van der Waals surface area contributed by atoms with E-state index in [1.807, 2.05) is 29.3 Å². The van der Waals surface area contributed by atoms with Gasteiger partial charge in [-0.25, -0.2) is 0 Å². The fourth-order valence-electron chi connectivity index (χ4n) is 4.04. The number of carbonyl (C=O) groups is 1. The SMILES string of the molecule is O=C(COC1CCCCC1)N1CCC(c2nnc3ccccn23)CC1. The van der Waals surface area contributed by atoms with Gasteiger partial charge in [0, 0.05) is 25.2 Å². The number of hydrogen-bond donors (Lipinski definition) is 0. The summed E-state index contributed by atoms with van der Waals surface area (Å²) in [7, 11) is 0. The molecule has 6 nitrogen and oxygen atoms in total. The van der Waals surface area contributed by atoms with Crippen LogP contribution in [-0.4, -0.2) is 51.2 Å². The van der Waals surface area contributed by atoms with Gasteiger partial charge in [0.05, 0.1) is 6.10 Å². The van der Waals surface area contributed by atoms with Gasteiger partial charge >= 0.3 is 0 Å². The molecule has 2 aromatic heterocycles. The highest BCUT2D eigenvalue weighted by Gasteiger charge is 2.27. The summed E-state index contributed by atoms with van der Waals surface area (Å²) < 4.78 is 7.90. The van der Waals surface area contributed by atoms with E-state index in [1.54, 1.807) is 0 Å². The van der Waals surface area contributed by atoms with Crippen LogP contribution in [0.15, 0.2) is 24.4 Å². The number of ether oxygens (including phenoxy) is 1. The van der Waals surface area contributed by atoms with Crippen LogP contribution in [0.2, 0.25) is 0 Å². The number of nitrogens with zero attached hydrogens (tertiary/aromatic N) is 4. The predicted octanol–water partition coefficient (Wildman–Crippen LogP) is 2.78. The molecule has 2 aromatic rings. The van der Waals surface area contributed by atoms with E-state index in [0.717, 1.165) is 50.2 Å². The topological polar surface area (TPSA) is 59.7 Å². The molecule has 0 unspecified atom stereocenters. The van der Waals surface area contributed by atoms with Crippen molar-refractivity contribution in [3.63, 3.8) is 0 Å². The first-order valence-electron chi connectivity index (χ1n) is 9.50. The van der Waals surface area contributed by atoms with Crippen LogP contribution in [0.3, 0.4) is 0 Å². The zero-order chi connectivity index (χ0) is 17.1. The molecular formula is C19H26N4O2. The molecule has 0 spiro atoms. The Morgan fingerprint density at radius 3 is 2.68 bits per heavy atom. The molecule has 0 radical (unpaired) electrons. The lowest BCUT2D eigenvalue weighted by Gasteiger charge is -2.32. The van der Waals surface area contributed by atoms with E-state index in [4.69, 9.17) is 4.74 Å². The number of rotatable bonds is 4. The van der Waals surface area contributed by atoms with Gasteiger partial charge in [-0.15, -0.1) is 10.2 Å². The van der Waals surface area contributed by atoms with E-state index >= 15 is 0 Å². The summed E-state index contributed by atoms with van der Waals surface area (Å²) >= 11 is 0. The van der Waals surface area contributed by atoms with Crippen molar-refractivity contribution in [2.75, 3.05) is 19.7 Å². The molecule has 0 atom stereocenters. The fraction of sp³-hybridized carbons (Fsp3) is 0.632. The molecule has 1 amide bonds. The van der Waals surface area contributed by atoms with Crippen LogP contribution in [0.1, 0.15) is 56.7 Å². The molecule has 0 aromatic carbocycles. The van der Waals surface area contributed by atoms with Crippen molar-refractivity contribution in [1.82, 2.24) is 19.5 Å². The summed E-state index contributed by atoms with van der Waals surface area (Å²) in [6, 6.07) is 5.94. The molecule has 134 valence electrons. The van der Waals surface area contributed by atoms with Crippen molar-refractivity contribution in [1.29, 1.82) is 0 Å². The lowest BCUT2D eigenvalue weighted by Crippen LogP contribution is -2.41. The van der Waals surface area contributed by atoms with Crippen LogP contribution in [0.4, 0.5) is 0 Å². The third kappa shape index (κ3) is 3.68. The maximum absolute atomic E-state index is 12.4. The summed E-state index contributed by atoms with van der Waals surface area (Å²) in [5.74, 6) is 1.51. The molecular weight excluding hydrogens is 316 g/mol. The predicted molar refractivity (Wildman–Crippen MR) is 94.4 cm³/mol. The molecule has 3 heterocycles. The van der Waals surface area contributed by atoms with E-state index in [2.05, 4.69) is 14.6 Å². The first-order chi connectivity index (χ1) is 12.3. The molecule has 0 bridgehead atoms. The van der Waals surface area contributed by atoms with Crippen molar-refractivity contribution in [3.05, 3.63) is 30.2 Å². The summed E-state index contributed by atoms with van der Waals surface area (Å²) in [5, 5.41) is 8.61. The number of hydrogen-bond acceptors (Lipinski definition) is 4. The van der Waals surface area contributed by atoms with Crippen molar-refractivity contribution in [3.8, 4) is 0 Å². The van der Waals surface area contributed by atoms with Crippen LogP contribution in [0.25, 0.3) is 5.65 Å². The minimum atomic E-state index is 0.134. The van der Waals surface area contributed by atoms with Crippen molar-refractivity contribution in [2.24, 2.45) is 0 Å². The molecule has 2 fully saturated rings. The van der Waals surface area contributed by atoms with Crippen LogP contribution in [-0.2, 0) is 9.53 Å². The second kappa shape index (κ2) is 7.52. The zero-order valence-corrected chi connectivity index (χ0v) is 14.6. The second-order valence-electron chi connectivity index (χ2n) is 7.21. The average Bonchev–Trinajstić information content (AvgIpc) is 3.11. The maximum atomic E-state index is 12.4. The molecule has 1 saturated heterocycles. The normalized spacial score (nSPS) is 20.2. The van der Waals surface area contributed by atoms with E-state index < -0.39 is 0 Å². The Morgan fingerprint density at radius 1 is 1.08 bits per heavy atom. The third-order valence-electron chi connectivity index (χ3n) is 5.55. The minimum absolute atomic E-state index is 0.134. The number of aromatic nitrogens is 3. The Balaban J connectivity index is 1.29. The number of carbonyl (C=O) groups excluding carboxylic acids is 1. The zero-order valence-electron chi connectivity index (χ0n) is 14.6. The van der Waals surface area contributed by atoms with Gasteiger partial charge in [0.15, 0.2) is 5.65 Å². The van der Waals surface area contributed by atoms with Crippen LogP contribution in [0.5, 0.6) is 0 Å². The average molecular weight is 342 g/mol. The van der Waals surface area contributed by atoms with Gasteiger partial charge in [0.1, 0.15) is 12.4 Å². The second-order valence-corrected chi connectivity index (χ2v) is 7.21. The van der Waals surface area contributed by atoms with Gasteiger partial charge in [-0.1, -0.05) is 25.3 Å². The Hall–Kier alpha value is -1.95. The minimum Gasteiger partial charge on any atom is -0.368 e. The number of amides is 1. The van der Waals surface area contributed by atoms with Crippen molar-refractivity contribution in [2.45, 2.75) is 57.0 Å². The Morgan fingerprint density at radius 2 is 1.88 bits per heavy atom. The lowest BCUT2D eigenvalue weighted by molar-refractivity contribution is -0.139. The number of likely N-dealkylation sites (tertiary alicyclic amines) is 1. The van der Waals surface area contributed by atoms with Gasteiger partial charge in [-0.3, -0.25) is 9.20 Å². The standard InChI is InChI=1S/C19H26N4O2/c24-18(14-25-16-6-2-1-3-7-16)22-12-9-15(10-13-22)19-21-20-17-8-4-5-11-23(17)19/h4-5,8,11,15-16H,1-3,6-7,9-10,12-14H2. The molecule has 25 heavy (non-hydrogen) atoms. The van der Waals surface area contributed by atoms with Gasteiger partial charge in [-0.05, 0) is 37.8 Å². The summed E-state index contributed by atoms with van der Waals surface area (Å²) in [6.45, 7) is 1.79. The van der Waals surface area contributed by atoms with Crippen molar-refractivity contribution < 1.29 is 9.53 Å². The largest absolute Gasteiger partial charge is 0.368 e. The quantitative estimate of drug-likeness (QED) is 0.857. The summed E-state index contributed by atoms with van der Waals surface area (Å²) in [4.78, 5) is 14.4. The number of piperidine rings is 1. The molecule has 1 aliphatic heterocycles. The lowest BCUT2D eigenvalue weighted by atomic mass is 9.96. The molecule has 6 heteroatoms. The highest BCUT2D eigenvalue weighted by atomic mass is 16.5. The van der Waals surface area contributed by atoms with E-state index in [-0.39, 0.29) is 18.6 Å². The van der Waals surface area contributed by atoms with Gasteiger partial charge in [0.25, 0.3) is 0 Å². The first kappa shape index (κ1) is 16.5. The van der Waals surface area contributed by atoms with Crippen molar-refractivity contribution >= 4 is 11.6 Å². The van der Waals surface area contributed by atoms with Gasteiger partial charge in [-0.2, -0.15) is 0 Å². The molecule has 0 N–H and O–H groups in total. The molecule has 1 saturated carbocycles. The highest BCUT2D eigenvalue weighted by molar-refractivity contribution is 5.77. The summed E-state index contributed by atoms with van der Waals surface area (Å²) in [6.07, 6.45) is 10.2. The van der Waals surface area contributed by atoms with E-state index in [9.17, 15) is 4.79 Å². The molecule has 4 rings (SSSR count). The first-order valence-corrected chi connectivity index (χ1v) is 9.50. The third-order valence-corrected chi connectivity index (χ3v) is 5.55. The van der Waals surface area contributed by atoms with E-state index in [0.29, 0.717) is 5.92 Å². The highest BCUT2D eigenvalue weighted by Crippen LogP contribution is 2.27. The Bertz CT molecular complexity index is 715. The Labute approximate surface area is 148 Å². The Kier molecular flexibility index (Phi) is 4.97. The van der Waals surface area contributed by atoms with Crippen LogP contribution < -0.4 is 0 Å². The monoisotopic (exact) mass is 342 g/mol. The maximum Gasteiger partial charge on any atom is 0.248 e. The molecule has 2 aliphatic rings. The smallest absolute Gasteiger partial charge is 0.248 e. The molecule has 1 aliphatic carbocycles. The number of fused-ring (bicyclic) bond motifs is 1. The fourth-order valence-corrected chi connectivity index (χ4v) is 4.04. The van der Waals surface area contributed by atoms with E-state index in [1.165, 1.54) is 19.3 Å². The van der Waals surface area contributed by atoms with Gasteiger partial charge in [0.2, 0.25) is 5.91 Å². The van der Waals surface area contributed by atoms with Crippen LogP contribution >= 0.6 is 0 Å². The van der Waals surface area contributed by atoms with Gasteiger partial charge < -0.3 is 9.64 Å². The summed E-state index contributed by atoms with van der Waals surface area (Å²) in [5.41, 5.74) is 0.886. The van der Waals surface area contributed by atoms with Crippen LogP contribution in [0, 0.1) is 0 Å².